The fraction of sp³-hybridized carbons (Fsp3) is 0.667. The molecule has 1 aromatic rings. The van der Waals surface area contributed by atoms with Crippen molar-refractivity contribution in [1.82, 2.24) is 0 Å². The molecule has 0 spiro atoms. The van der Waals surface area contributed by atoms with Gasteiger partial charge in [-0.05, 0) is 79.9 Å². The number of hydrogen-bond donors (Lipinski definition) is 0. The van der Waals surface area contributed by atoms with Crippen molar-refractivity contribution in [2.45, 2.75) is 83.5 Å². The molecule has 2 saturated carbocycles. The molecule has 0 unspecified atom stereocenters. The standard InChI is InChI=1S/C24H33F3/c1-3-4-17-5-7-18(8-6-17)19-9-11-20(12-10-19)21-14-23(26)22(13-16(2)25)24(27)15-21/h14-15,17-20H,2-13H2,1H3/t17-,18-,19-,20-. The Morgan fingerprint density at radius 1 is 0.926 bits per heavy atom. The molecule has 1 aromatic carbocycles. The number of rotatable bonds is 6. The molecule has 2 aliphatic rings. The molecule has 0 nitrogen and oxygen atoms in total. The number of halogens is 3. The second-order valence-electron chi connectivity index (χ2n) is 8.84. The van der Waals surface area contributed by atoms with E-state index in [0.717, 1.165) is 36.2 Å². The molecule has 0 saturated heterocycles. The highest BCUT2D eigenvalue weighted by atomic mass is 19.1. The fourth-order valence-electron chi connectivity index (χ4n) is 5.50. The predicted molar refractivity (Wildman–Crippen MR) is 105 cm³/mol. The van der Waals surface area contributed by atoms with Gasteiger partial charge in [0, 0.05) is 12.0 Å². The zero-order valence-electron chi connectivity index (χ0n) is 16.6. The number of hydrogen-bond acceptors (Lipinski definition) is 0. The highest BCUT2D eigenvalue weighted by molar-refractivity contribution is 5.30. The number of allylic oxidation sites excluding steroid dienone is 1. The first-order valence-electron chi connectivity index (χ1n) is 10.8. The smallest absolute Gasteiger partial charge is 0.130 e. The van der Waals surface area contributed by atoms with Crippen LogP contribution in [-0.4, -0.2) is 0 Å². The zero-order chi connectivity index (χ0) is 19.4. The molecule has 0 atom stereocenters. The van der Waals surface area contributed by atoms with E-state index in [9.17, 15) is 13.2 Å². The number of benzene rings is 1. The van der Waals surface area contributed by atoms with Crippen molar-refractivity contribution in [3.05, 3.63) is 47.3 Å². The van der Waals surface area contributed by atoms with Gasteiger partial charge < -0.3 is 0 Å². The van der Waals surface area contributed by atoms with E-state index in [-0.39, 0.29) is 17.9 Å². The molecule has 2 fully saturated rings. The highest BCUT2D eigenvalue weighted by Crippen LogP contribution is 2.44. The van der Waals surface area contributed by atoms with Crippen molar-refractivity contribution in [3.8, 4) is 0 Å². The summed E-state index contributed by atoms with van der Waals surface area (Å²) in [6.45, 7) is 5.39. The van der Waals surface area contributed by atoms with Crippen LogP contribution in [0.15, 0.2) is 24.5 Å². The van der Waals surface area contributed by atoms with Crippen molar-refractivity contribution in [2.75, 3.05) is 0 Å². The third kappa shape index (κ3) is 5.18. The van der Waals surface area contributed by atoms with Gasteiger partial charge in [0.25, 0.3) is 0 Å². The quantitative estimate of drug-likeness (QED) is 0.472. The van der Waals surface area contributed by atoms with Gasteiger partial charge in [-0.3, -0.25) is 0 Å². The van der Waals surface area contributed by atoms with Gasteiger partial charge in [0.05, 0.1) is 5.83 Å². The van der Waals surface area contributed by atoms with E-state index < -0.39 is 17.5 Å². The Morgan fingerprint density at radius 2 is 1.44 bits per heavy atom. The molecule has 0 heterocycles. The van der Waals surface area contributed by atoms with Gasteiger partial charge >= 0.3 is 0 Å². The van der Waals surface area contributed by atoms with Gasteiger partial charge in [-0.25, -0.2) is 13.2 Å². The van der Waals surface area contributed by atoms with Gasteiger partial charge in [0.1, 0.15) is 11.6 Å². The Bertz CT molecular complexity index is 612. The Hall–Kier alpha value is -1.25. The maximum absolute atomic E-state index is 14.2. The van der Waals surface area contributed by atoms with Gasteiger partial charge in [-0.15, -0.1) is 0 Å². The summed E-state index contributed by atoms with van der Waals surface area (Å²) in [6.07, 6.45) is 12.1. The summed E-state index contributed by atoms with van der Waals surface area (Å²) in [5.74, 6) is 0.810. The molecular weight excluding hydrogens is 345 g/mol. The van der Waals surface area contributed by atoms with E-state index in [1.165, 1.54) is 63.5 Å². The normalized spacial score (nSPS) is 28.9. The summed E-state index contributed by atoms with van der Waals surface area (Å²) in [5, 5.41) is 0. The van der Waals surface area contributed by atoms with E-state index in [2.05, 4.69) is 13.5 Å². The Kier molecular flexibility index (Phi) is 7.05. The molecule has 0 amide bonds. The lowest BCUT2D eigenvalue weighted by atomic mass is 9.68. The van der Waals surface area contributed by atoms with E-state index in [4.69, 9.17) is 0 Å². The average Bonchev–Trinajstić information content (AvgIpc) is 2.65. The van der Waals surface area contributed by atoms with Gasteiger partial charge in [0.15, 0.2) is 0 Å². The lowest BCUT2D eigenvalue weighted by Crippen LogP contribution is -2.25. The summed E-state index contributed by atoms with van der Waals surface area (Å²) < 4.78 is 41.5. The third-order valence-electron chi connectivity index (χ3n) is 7.03. The molecule has 3 heteroatoms. The van der Waals surface area contributed by atoms with Crippen LogP contribution in [-0.2, 0) is 6.42 Å². The molecule has 27 heavy (non-hydrogen) atoms. The summed E-state index contributed by atoms with van der Waals surface area (Å²) in [4.78, 5) is 0. The van der Waals surface area contributed by atoms with Crippen molar-refractivity contribution in [1.29, 1.82) is 0 Å². The largest absolute Gasteiger partial charge is 0.212 e. The van der Waals surface area contributed by atoms with Crippen LogP contribution < -0.4 is 0 Å². The van der Waals surface area contributed by atoms with E-state index in [1.807, 2.05) is 0 Å². The minimum atomic E-state index is -0.713. The van der Waals surface area contributed by atoms with Crippen LogP contribution in [0.25, 0.3) is 0 Å². The minimum Gasteiger partial charge on any atom is -0.212 e. The van der Waals surface area contributed by atoms with Gasteiger partial charge in [-0.1, -0.05) is 39.2 Å². The Morgan fingerprint density at radius 3 is 1.93 bits per heavy atom. The average molecular weight is 379 g/mol. The van der Waals surface area contributed by atoms with Crippen LogP contribution in [0.5, 0.6) is 0 Å². The lowest BCUT2D eigenvalue weighted by Gasteiger charge is -2.38. The molecule has 2 aliphatic carbocycles. The van der Waals surface area contributed by atoms with Crippen molar-refractivity contribution >= 4 is 0 Å². The predicted octanol–water partition coefficient (Wildman–Crippen LogP) is 7.87. The van der Waals surface area contributed by atoms with Crippen LogP contribution in [0.3, 0.4) is 0 Å². The third-order valence-corrected chi connectivity index (χ3v) is 7.03. The second-order valence-corrected chi connectivity index (χ2v) is 8.84. The molecule has 150 valence electrons. The van der Waals surface area contributed by atoms with Crippen molar-refractivity contribution < 1.29 is 13.2 Å². The molecule has 0 N–H and O–H groups in total. The summed E-state index contributed by atoms with van der Waals surface area (Å²) >= 11 is 0. The topological polar surface area (TPSA) is 0 Å². The van der Waals surface area contributed by atoms with Crippen molar-refractivity contribution in [3.63, 3.8) is 0 Å². The molecular formula is C24H33F3. The van der Waals surface area contributed by atoms with Crippen LogP contribution in [0.2, 0.25) is 0 Å². The molecule has 0 radical (unpaired) electrons. The van der Waals surface area contributed by atoms with Crippen LogP contribution in [0.1, 0.15) is 88.2 Å². The first kappa shape index (κ1) is 20.5. The fourth-order valence-corrected chi connectivity index (χ4v) is 5.50. The Balaban J connectivity index is 1.56. The van der Waals surface area contributed by atoms with Crippen molar-refractivity contribution in [2.24, 2.45) is 17.8 Å². The minimum absolute atomic E-state index is 0.205. The van der Waals surface area contributed by atoms with Gasteiger partial charge in [0.2, 0.25) is 0 Å². The first-order chi connectivity index (χ1) is 13.0. The monoisotopic (exact) mass is 378 g/mol. The van der Waals surface area contributed by atoms with E-state index >= 15 is 0 Å². The molecule has 3 rings (SSSR count). The SMILES string of the molecule is C=C(F)Cc1c(F)cc([C@H]2CC[C@H]([C@H]3CC[C@H](CCC)CC3)CC2)cc1F. The molecule has 0 bridgehead atoms. The van der Waals surface area contributed by atoms with Crippen LogP contribution in [0, 0.1) is 29.4 Å². The first-order valence-corrected chi connectivity index (χ1v) is 10.8. The molecule has 0 aliphatic heterocycles. The molecule has 0 aromatic heterocycles. The summed E-state index contributed by atoms with van der Waals surface area (Å²) in [7, 11) is 0. The van der Waals surface area contributed by atoms with E-state index in [1.54, 1.807) is 0 Å². The van der Waals surface area contributed by atoms with Crippen LogP contribution >= 0.6 is 0 Å². The highest BCUT2D eigenvalue weighted by Gasteiger charge is 2.31. The maximum atomic E-state index is 14.2. The summed E-state index contributed by atoms with van der Waals surface area (Å²) in [6, 6.07) is 2.84. The summed E-state index contributed by atoms with van der Waals surface area (Å²) in [5.41, 5.74) is 0.534. The second kappa shape index (κ2) is 9.30. The lowest BCUT2D eigenvalue weighted by molar-refractivity contribution is 0.156. The maximum Gasteiger partial charge on any atom is 0.130 e. The van der Waals surface area contributed by atoms with Gasteiger partial charge in [-0.2, -0.15) is 0 Å². The Labute approximate surface area is 162 Å². The van der Waals surface area contributed by atoms with E-state index in [0.29, 0.717) is 0 Å². The van der Waals surface area contributed by atoms with Crippen LogP contribution in [0.4, 0.5) is 13.2 Å². The zero-order valence-corrected chi connectivity index (χ0v) is 16.6.